The zero-order valence-electron chi connectivity index (χ0n) is 18.5. The van der Waals surface area contributed by atoms with Gasteiger partial charge in [0.2, 0.25) is 15.9 Å². The van der Waals surface area contributed by atoms with Gasteiger partial charge in [-0.1, -0.05) is 72.3 Å². The van der Waals surface area contributed by atoms with Crippen molar-refractivity contribution in [2.45, 2.75) is 18.6 Å². The number of amides is 1. The van der Waals surface area contributed by atoms with Crippen LogP contribution in [0.1, 0.15) is 34.3 Å². The Morgan fingerprint density at radius 2 is 1.65 bits per heavy atom. The van der Waals surface area contributed by atoms with Crippen LogP contribution in [-0.2, 0) is 20.6 Å². The van der Waals surface area contributed by atoms with Crippen molar-refractivity contribution in [2.24, 2.45) is 5.92 Å². The maximum atomic E-state index is 13.1. The van der Waals surface area contributed by atoms with Crippen LogP contribution in [0, 0.1) is 5.92 Å². The van der Waals surface area contributed by atoms with Crippen LogP contribution in [0.15, 0.2) is 78.9 Å². The van der Waals surface area contributed by atoms with E-state index in [9.17, 15) is 18.0 Å². The Morgan fingerprint density at radius 1 is 0.971 bits per heavy atom. The van der Waals surface area contributed by atoms with E-state index in [4.69, 9.17) is 11.6 Å². The van der Waals surface area contributed by atoms with E-state index < -0.39 is 15.9 Å². The van der Waals surface area contributed by atoms with Gasteiger partial charge in [-0.05, 0) is 36.6 Å². The Labute approximate surface area is 204 Å². The Morgan fingerprint density at radius 3 is 2.35 bits per heavy atom. The molecule has 1 aliphatic heterocycles. The molecule has 8 heteroatoms. The van der Waals surface area contributed by atoms with E-state index in [0.717, 1.165) is 0 Å². The van der Waals surface area contributed by atoms with Crippen molar-refractivity contribution >= 4 is 39.0 Å². The molecule has 6 nitrogen and oxygen atoms in total. The standard InChI is InChI=1S/C26H25ClN2O4S/c27-22-13-14-24(23(16-22)25(30)20-10-5-2-6-11-20)28-26(31)21-12-7-15-29(17-21)34(32,33)18-19-8-3-1-4-9-19/h1-6,8-11,13-14,16,21H,7,12,15,17-18H2,(H,28,31). The molecule has 1 saturated heterocycles. The highest BCUT2D eigenvalue weighted by molar-refractivity contribution is 7.88. The first-order valence-corrected chi connectivity index (χ1v) is 13.0. The molecule has 34 heavy (non-hydrogen) atoms. The van der Waals surface area contributed by atoms with Gasteiger partial charge in [0.15, 0.2) is 5.78 Å². The normalized spacial score (nSPS) is 16.7. The van der Waals surface area contributed by atoms with Crippen molar-refractivity contribution in [2.75, 3.05) is 18.4 Å². The SMILES string of the molecule is O=C(c1ccccc1)c1cc(Cl)ccc1NC(=O)C1CCCN(S(=O)(=O)Cc2ccccc2)C1. The first-order valence-electron chi connectivity index (χ1n) is 11.1. The topological polar surface area (TPSA) is 83.6 Å². The van der Waals surface area contributed by atoms with E-state index in [2.05, 4.69) is 5.32 Å². The van der Waals surface area contributed by atoms with E-state index in [1.807, 2.05) is 12.1 Å². The molecule has 1 unspecified atom stereocenters. The molecule has 1 heterocycles. The zero-order chi connectivity index (χ0) is 24.1. The molecule has 0 aliphatic carbocycles. The molecule has 1 N–H and O–H groups in total. The summed E-state index contributed by atoms with van der Waals surface area (Å²) in [6, 6.07) is 22.5. The summed E-state index contributed by atoms with van der Waals surface area (Å²) in [5, 5.41) is 3.22. The third kappa shape index (κ3) is 5.73. The van der Waals surface area contributed by atoms with E-state index in [-0.39, 0.29) is 29.6 Å². The van der Waals surface area contributed by atoms with Crippen molar-refractivity contribution in [3.05, 3.63) is 101 Å². The highest BCUT2D eigenvalue weighted by Gasteiger charge is 2.33. The number of piperidine rings is 1. The molecule has 3 aromatic rings. The number of hydrogen-bond donors (Lipinski definition) is 1. The predicted octanol–water partition coefficient (Wildman–Crippen LogP) is 4.75. The third-order valence-corrected chi connectivity index (χ3v) is 7.91. The van der Waals surface area contributed by atoms with Crippen molar-refractivity contribution in [3.8, 4) is 0 Å². The molecule has 1 amide bonds. The predicted molar refractivity (Wildman–Crippen MR) is 133 cm³/mol. The van der Waals surface area contributed by atoms with Gasteiger partial charge in [-0.2, -0.15) is 0 Å². The maximum absolute atomic E-state index is 13.1. The number of carbonyl (C=O) groups is 2. The quantitative estimate of drug-likeness (QED) is 0.478. The molecular weight excluding hydrogens is 472 g/mol. The summed E-state index contributed by atoms with van der Waals surface area (Å²) in [4.78, 5) is 26.2. The Hall–Kier alpha value is -3.00. The van der Waals surface area contributed by atoms with Crippen LogP contribution in [0.25, 0.3) is 0 Å². The Bertz CT molecular complexity index is 1280. The van der Waals surface area contributed by atoms with Gasteiger partial charge in [0.1, 0.15) is 0 Å². The van der Waals surface area contributed by atoms with Crippen LogP contribution >= 0.6 is 11.6 Å². The second-order valence-corrected chi connectivity index (χ2v) is 10.7. The minimum atomic E-state index is -3.56. The van der Waals surface area contributed by atoms with Crippen LogP contribution in [0.3, 0.4) is 0 Å². The fraction of sp³-hybridized carbons (Fsp3) is 0.231. The van der Waals surface area contributed by atoms with Crippen molar-refractivity contribution in [3.63, 3.8) is 0 Å². The Balaban J connectivity index is 1.49. The number of carbonyl (C=O) groups excluding carboxylic acids is 2. The highest BCUT2D eigenvalue weighted by atomic mass is 35.5. The molecule has 0 aromatic heterocycles. The smallest absolute Gasteiger partial charge is 0.228 e. The molecule has 4 rings (SSSR count). The van der Waals surface area contributed by atoms with Gasteiger partial charge in [-0.15, -0.1) is 0 Å². The maximum Gasteiger partial charge on any atom is 0.228 e. The van der Waals surface area contributed by atoms with Crippen molar-refractivity contribution in [1.29, 1.82) is 0 Å². The summed E-state index contributed by atoms with van der Waals surface area (Å²) in [5.74, 6) is -1.19. The molecule has 1 aliphatic rings. The van der Waals surface area contributed by atoms with Gasteiger partial charge >= 0.3 is 0 Å². The van der Waals surface area contributed by atoms with E-state index >= 15 is 0 Å². The lowest BCUT2D eigenvalue weighted by Gasteiger charge is -2.31. The Kier molecular flexibility index (Phi) is 7.46. The van der Waals surface area contributed by atoms with Crippen LogP contribution in [0.2, 0.25) is 5.02 Å². The van der Waals surface area contributed by atoms with Crippen LogP contribution in [0.4, 0.5) is 5.69 Å². The summed E-state index contributed by atoms with van der Waals surface area (Å²) < 4.78 is 27.3. The molecule has 0 bridgehead atoms. The number of nitrogens with one attached hydrogen (secondary N) is 1. The first-order chi connectivity index (χ1) is 16.3. The van der Waals surface area contributed by atoms with E-state index in [1.54, 1.807) is 60.7 Å². The lowest BCUT2D eigenvalue weighted by Crippen LogP contribution is -2.44. The fourth-order valence-electron chi connectivity index (χ4n) is 4.08. The summed E-state index contributed by atoms with van der Waals surface area (Å²) in [6.45, 7) is 0.494. The lowest BCUT2D eigenvalue weighted by molar-refractivity contribution is -0.120. The van der Waals surface area contributed by atoms with Gasteiger partial charge in [-0.3, -0.25) is 9.59 Å². The molecule has 0 saturated carbocycles. The fourth-order valence-corrected chi connectivity index (χ4v) is 5.86. The molecule has 0 radical (unpaired) electrons. The number of nitrogens with zero attached hydrogens (tertiary/aromatic N) is 1. The van der Waals surface area contributed by atoms with E-state index in [0.29, 0.717) is 41.2 Å². The summed E-state index contributed by atoms with van der Waals surface area (Å²) in [6.07, 6.45) is 1.15. The molecule has 1 atom stereocenters. The van der Waals surface area contributed by atoms with Gasteiger partial charge in [0, 0.05) is 29.2 Å². The minimum absolute atomic E-state index is 0.102. The molecular formula is C26H25ClN2O4S. The molecule has 3 aromatic carbocycles. The van der Waals surface area contributed by atoms with Gasteiger partial charge < -0.3 is 5.32 Å². The summed E-state index contributed by atoms with van der Waals surface area (Å²) in [7, 11) is -3.56. The molecule has 1 fully saturated rings. The molecule has 176 valence electrons. The number of ketones is 1. The highest BCUT2D eigenvalue weighted by Crippen LogP contribution is 2.27. The monoisotopic (exact) mass is 496 g/mol. The van der Waals surface area contributed by atoms with Gasteiger partial charge in [0.05, 0.1) is 17.4 Å². The van der Waals surface area contributed by atoms with Gasteiger partial charge in [-0.25, -0.2) is 12.7 Å². The number of rotatable bonds is 7. The molecule has 0 spiro atoms. The summed E-state index contributed by atoms with van der Waals surface area (Å²) >= 11 is 6.13. The minimum Gasteiger partial charge on any atom is -0.325 e. The van der Waals surface area contributed by atoms with E-state index in [1.165, 1.54) is 10.4 Å². The van der Waals surface area contributed by atoms with Crippen molar-refractivity contribution in [1.82, 2.24) is 4.31 Å². The third-order valence-electron chi connectivity index (χ3n) is 5.86. The van der Waals surface area contributed by atoms with Crippen LogP contribution in [-0.4, -0.2) is 37.5 Å². The summed E-state index contributed by atoms with van der Waals surface area (Å²) in [5.41, 5.74) is 1.83. The first kappa shape index (κ1) is 24.1. The number of sulfonamides is 1. The zero-order valence-corrected chi connectivity index (χ0v) is 20.1. The number of halogens is 1. The average Bonchev–Trinajstić information content (AvgIpc) is 2.85. The van der Waals surface area contributed by atoms with Gasteiger partial charge in [0.25, 0.3) is 0 Å². The second-order valence-electron chi connectivity index (χ2n) is 8.31. The van der Waals surface area contributed by atoms with Crippen molar-refractivity contribution < 1.29 is 18.0 Å². The number of benzene rings is 3. The number of hydrogen-bond acceptors (Lipinski definition) is 4. The number of anilines is 1. The average molecular weight is 497 g/mol. The largest absolute Gasteiger partial charge is 0.325 e. The van der Waals surface area contributed by atoms with Crippen LogP contribution in [0.5, 0.6) is 0 Å². The van der Waals surface area contributed by atoms with Crippen LogP contribution < -0.4 is 5.32 Å². The lowest BCUT2D eigenvalue weighted by atomic mass is 9.97. The second kappa shape index (κ2) is 10.5.